The van der Waals surface area contributed by atoms with Crippen LogP contribution in [-0.2, 0) is 9.53 Å². The molecular formula is C23H26N2O7. The molecule has 1 aromatic heterocycles. The number of furan rings is 1. The van der Waals surface area contributed by atoms with Crippen molar-refractivity contribution in [3.63, 3.8) is 0 Å². The Morgan fingerprint density at radius 1 is 1.12 bits per heavy atom. The van der Waals surface area contributed by atoms with Crippen molar-refractivity contribution in [3.8, 4) is 11.5 Å². The van der Waals surface area contributed by atoms with Crippen molar-refractivity contribution >= 4 is 17.4 Å². The molecule has 0 saturated carbocycles. The highest BCUT2D eigenvalue weighted by atomic mass is 16.5. The van der Waals surface area contributed by atoms with E-state index >= 15 is 0 Å². The zero-order chi connectivity index (χ0) is 22.7. The molecule has 1 N–H and O–H groups in total. The average Bonchev–Trinajstić information content (AvgIpc) is 3.45. The molecule has 1 aromatic carbocycles. The number of ketones is 1. The lowest BCUT2D eigenvalue weighted by atomic mass is 9.99. The highest BCUT2D eigenvalue weighted by Gasteiger charge is 2.43. The van der Waals surface area contributed by atoms with E-state index in [1.165, 1.54) is 31.4 Å². The molecule has 2 aliphatic heterocycles. The van der Waals surface area contributed by atoms with Crippen LogP contribution in [0.15, 0.2) is 46.6 Å². The molecule has 2 aliphatic rings. The van der Waals surface area contributed by atoms with Crippen LogP contribution in [0.5, 0.6) is 11.5 Å². The van der Waals surface area contributed by atoms with Crippen LogP contribution < -0.4 is 9.47 Å². The first-order chi connectivity index (χ1) is 15.5. The van der Waals surface area contributed by atoms with E-state index in [1.54, 1.807) is 24.3 Å². The summed E-state index contributed by atoms with van der Waals surface area (Å²) in [5, 5.41) is 10.8. The van der Waals surface area contributed by atoms with Gasteiger partial charge in [-0.1, -0.05) is 0 Å². The van der Waals surface area contributed by atoms with Crippen LogP contribution in [-0.4, -0.2) is 86.3 Å². The predicted octanol–water partition coefficient (Wildman–Crippen LogP) is 1.43. The molecule has 1 fully saturated rings. The first kappa shape index (κ1) is 22.1. The van der Waals surface area contributed by atoms with E-state index in [0.717, 1.165) is 13.1 Å². The molecular weight excluding hydrogens is 416 g/mol. The van der Waals surface area contributed by atoms with Gasteiger partial charge < -0.3 is 28.6 Å². The average molecular weight is 442 g/mol. The second-order valence-electron chi connectivity index (χ2n) is 7.48. The normalized spacial score (nSPS) is 19.5. The summed E-state index contributed by atoms with van der Waals surface area (Å²) in [4.78, 5) is 29.9. The maximum atomic E-state index is 13.2. The molecule has 9 heteroatoms. The van der Waals surface area contributed by atoms with Gasteiger partial charge in [-0.2, -0.15) is 0 Å². The number of aliphatic hydroxyl groups is 1. The first-order valence-corrected chi connectivity index (χ1v) is 10.4. The molecule has 2 aromatic rings. The third-order valence-electron chi connectivity index (χ3n) is 5.69. The fraction of sp³-hybridized carbons (Fsp3) is 0.391. The van der Waals surface area contributed by atoms with Crippen molar-refractivity contribution in [3.05, 3.63) is 53.5 Å². The number of rotatable bonds is 8. The zero-order valence-corrected chi connectivity index (χ0v) is 18.1. The van der Waals surface area contributed by atoms with Crippen molar-refractivity contribution in [2.24, 2.45) is 0 Å². The summed E-state index contributed by atoms with van der Waals surface area (Å²) in [5.74, 6) is -0.0583. The fourth-order valence-electron chi connectivity index (χ4n) is 4.01. The van der Waals surface area contributed by atoms with E-state index in [2.05, 4.69) is 4.90 Å². The summed E-state index contributed by atoms with van der Waals surface area (Å²) in [6, 6.07) is 8.22. The van der Waals surface area contributed by atoms with Gasteiger partial charge in [-0.15, -0.1) is 0 Å². The number of ether oxygens (including phenoxy) is 3. The van der Waals surface area contributed by atoms with Crippen LogP contribution >= 0.6 is 0 Å². The van der Waals surface area contributed by atoms with E-state index in [1.807, 2.05) is 0 Å². The SMILES string of the molecule is COc1ccc(C2=C(C(=O)c3ccco3)C(O)C(=O)N2CCN2CCOCC2)cc1OC. The van der Waals surface area contributed by atoms with E-state index < -0.39 is 17.8 Å². The molecule has 0 bridgehead atoms. The molecule has 1 amide bonds. The minimum atomic E-state index is -1.58. The van der Waals surface area contributed by atoms with Crippen LogP contribution in [0.1, 0.15) is 16.1 Å². The molecule has 1 saturated heterocycles. The molecule has 1 unspecified atom stereocenters. The summed E-state index contributed by atoms with van der Waals surface area (Å²) in [6.07, 6.45) is -0.205. The lowest BCUT2D eigenvalue weighted by molar-refractivity contribution is -0.133. The number of aliphatic hydroxyl groups excluding tert-OH is 1. The van der Waals surface area contributed by atoms with E-state index in [4.69, 9.17) is 18.6 Å². The Labute approximate surface area is 185 Å². The number of Topliss-reactive ketones (excluding diaryl/α,β-unsaturated/α-hetero) is 1. The lowest BCUT2D eigenvalue weighted by Crippen LogP contribution is -2.42. The standard InChI is InChI=1S/C23H26N2O7/c1-29-16-6-5-15(14-18(16)30-2)20-19(21(26)17-4-3-11-32-17)22(27)23(28)25(20)8-7-24-9-12-31-13-10-24/h3-6,11,14,22,27H,7-10,12-13H2,1-2H3. The number of carbonyl (C=O) groups excluding carboxylic acids is 2. The molecule has 0 aliphatic carbocycles. The second kappa shape index (κ2) is 9.56. The Hall–Kier alpha value is -3.14. The zero-order valence-electron chi connectivity index (χ0n) is 18.1. The molecule has 32 heavy (non-hydrogen) atoms. The minimum absolute atomic E-state index is 0.0147. The number of amides is 1. The Morgan fingerprint density at radius 3 is 2.53 bits per heavy atom. The molecule has 0 spiro atoms. The highest BCUT2D eigenvalue weighted by molar-refractivity contribution is 6.20. The predicted molar refractivity (Wildman–Crippen MR) is 114 cm³/mol. The van der Waals surface area contributed by atoms with Gasteiger partial charge in [0.05, 0.1) is 45.0 Å². The van der Waals surface area contributed by atoms with E-state index in [-0.39, 0.29) is 11.3 Å². The Bertz CT molecular complexity index is 1010. The van der Waals surface area contributed by atoms with E-state index in [0.29, 0.717) is 49.1 Å². The van der Waals surface area contributed by atoms with Crippen LogP contribution in [0.2, 0.25) is 0 Å². The molecule has 4 rings (SSSR count). The third kappa shape index (κ3) is 4.14. The van der Waals surface area contributed by atoms with E-state index in [9.17, 15) is 14.7 Å². The number of hydrogen-bond acceptors (Lipinski definition) is 8. The number of benzene rings is 1. The molecule has 170 valence electrons. The van der Waals surface area contributed by atoms with Crippen molar-refractivity contribution in [2.75, 3.05) is 53.6 Å². The van der Waals surface area contributed by atoms with Gasteiger partial charge in [0.1, 0.15) is 0 Å². The minimum Gasteiger partial charge on any atom is -0.493 e. The van der Waals surface area contributed by atoms with Crippen molar-refractivity contribution in [1.29, 1.82) is 0 Å². The Balaban J connectivity index is 1.76. The van der Waals surface area contributed by atoms with Gasteiger partial charge in [-0.05, 0) is 30.3 Å². The second-order valence-corrected chi connectivity index (χ2v) is 7.48. The quantitative estimate of drug-likeness (QED) is 0.613. The van der Waals surface area contributed by atoms with Gasteiger partial charge in [0.25, 0.3) is 5.91 Å². The number of hydrogen-bond donors (Lipinski definition) is 1. The lowest BCUT2D eigenvalue weighted by Gasteiger charge is -2.29. The molecule has 9 nitrogen and oxygen atoms in total. The van der Waals surface area contributed by atoms with Gasteiger partial charge in [0.2, 0.25) is 5.78 Å². The van der Waals surface area contributed by atoms with Crippen molar-refractivity contribution in [2.45, 2.75) is 6.10 Å². The van der Waals surface area contributed by atoms with Crippen LogP contribution in [0.4, 0.5) is 0 Å². The van der Waals surface area contributed by atoms with Crippen LogP contribution in [0.25, 0.3) is 5.70 Å². The van der Waals surface area contributed by atoms with Crippen LogP contribution in [0.3, 0.4) is 0 Å². The largest absolute Gasteiger partial charge is 0.493 e. The highest BCUT2D eigenvalue weighted by Crippen LogP contribution is 2.38. The Kier molecular flexibility index (Phi) is 6.59. The number of methoxy groups -OCH3 is 2. The number of carbonyl (C=O) groups is 2. The van der Waals surface area contributed by atoms with Crippen molar-refractivity contribution < 1.29 is 33.3 Å². The maximum Gasteiger partial charge on any atom is 0.260 e. The number of nitrogens with zero attached hydrogens (tertiary/aromatic N) is 2. The summed E-state index contributed by atoms with van der Waals surface area (Å²) < 4.78 is 21.4. The number of morpholine rings is 1. The fourth-order valence-corrected chi connectivity index (χ4v) is 4.01. The van der Waals surface area contributed by atoms with Gasteiger partial charge in [-0.25, -0.2) is 0 Å². The first-order valence-electron chi connectivity index (χ1n) is 10.4. The maximum absolute atomic E-state index is 13.2. The third-order valence-corrected chi connectivity index (χ3v) is 5.69. The molecule has 0 radical (unpaired) electrons. The summed E-state index contributed by atoms with van der Waals surface area (Å²) >= 11 is 0. The summed E-state index contributed by atoms with van der Waals surface area (Å²) in [7, 11) is 3.04. The van der Waals surface area contributed by atoms with Crippen molar-refractivity contribution in [1.82, 2.24) is 9.80 Å². The summed E-state index contributed by atoms with van der Waals surface area (Å²) in [6.45, 7) is 3.69. The van der Waals surface area contributed by atoms with Gasteiger partial charge in [0.15, 0.2) is 23.4 Å². The topological polar surface area (TPSA) is 102 Å². The van der Waals surface area contributed by atoms with Gasteiger partial charge in [0, 0.05) is 31.7 Å². The summed E-state index contributed by atoms with van der Waals surface area (Å²) in [5.41, 5.74) is 0.890. The molecule has 3 heterocycles. The van der Waals surface area contributed by atoms with Gasteiger partial charge >= 0.3 is 0 Å². The smallest absolute Gasteiger partial charge is 0.260 e. The Morgan fingerprint density at radius 2 is 1.88 bits per heavy atom. The van der Waals surface area contributed by atoms with Crippen LogP contribution in [0, 0.1) is 0 Å². The monoisotopic (exact) mass is 442 g/mol. The molecule has 1 atom stereocenters. The van der Waals surface area contributed by atoms with Gasteiger partial charge in [-0.3, -0.25) is 14.5 Å².